The Kier molecular flexibility index (Phi) is 4.57. The minimum atomic E-state index is -0.231. The van der Waals surface area contributed by atoms with Crippen LogP contribution >= 0.6 is 11.8 Å². The Bertz CT molecular complexity index is 616. The average Bonchev–Trinajstić information content (AvgIpc) is 2.77. The second-order valence-corrected chi connectivity index (χ2v) is 6.71. The van der Waals surface area contributed by atoms with Crippen molar-refractivity contribution in [1.82, 2.24) is 15.0 Å². The molecule has 1 amide bonds. The highest BCUT2D eigenvalue weighted by Gasteiger charge is 2.15. The maximum Gasteiger partial charge on any atom is 0.230 e. The molecule has 0 radical (unpaired) electrons. The smallest absolute Gasteiger partial charge is 0.230 e. The summed E-state index contributed by atoms with van der Waals surface area (Å²) in [6, 6.07) is 9.81. The molecule has 1 aromatic carbocycles. The molecule has 21 heavy (non-hydrogen) atoms. The third-order valence-electron chi connectivity index (χ3n) is 2.61. The molecule has 0 bridgehead atoms. The van der Waals surface area contributed by atoms with Gasteiger partial charge in [0, 0.05) is 11.1 Å². The molecule has 1 aromatic heterocycles. The molecule has 6 heteroatoms. The maximum atomic E-state index is 11.8. The predicted molar refractivity (Wildman–Crippen MR) is 86.4 cm³/mol. The van der Waals surface area contributed by atoms with Crippen LogP contribution in [-0.4, -0.2) is 26.9 Å². The molecule has 112 valence electrons. The Morgan fingerprint density at radius 1 is 1.33 bits per heavy atom. The van der Waals surface area contributed by atoms with Crippen LogP contribution in [0.1, 0.15) is 20.8 Å². The van der Waals surface area contributed by atoms with Crippen molar-refractivity contribution in [3.05, 3.63) is 36.5 Å². The molecule has 2 aromatic rings. The van der Waals surface area contributed by atoms with E-state index in [2.05, 4.69) is 10.3 Å². The van der Waals surface area contributed by atoms with E-state index in [1.807, 2.05) is 51.1 Å². The van der Waals surface area contributed by atoms with E-state index in [4.69, 9.17) is 5.84 Å². The molecule has 0 spiro atoms. The van der Waals surface area contributed by atoms with Crippen molar-refractivity contribution in [1.29, 1.82) is 0 Å². The highest BCUT2D eigenvalue weighted by Crippen LogP contribution is 2.22. The topological polar surface area (TPSA) is 72.9 Å². The lowest BCUT2D eigenvalue weighted by molar-refractivity contribution is -0.119. The molecular formula is C15H20N4OS. The van der Waals surface area contributed by atoms with Crippen molar-refractivity contribution < 1.29 is 4.79 Å². The number of nitrogens with zero attached hydrogens (tertiary/aromatic N) is 2. The number of nitrogens with two attached hydrogens (primary N) is 1. The van der Waals surface area contributed by atoms with Crippen LogP contribution in [-0.2, 0) is 4.79 Å². The van der Waals surface area contributed by atoms with Crippen LogP contribution < -0.4 is 11.2 Å². The number of nitrogens with one attached hydrogen (secondary N) is 1. The van der Waals surface area contributed by atoms with Crippen LogP contribution in [0.25, 0.3) is 11.3 Å². The first kappa shape index (κ1) is 15.4. The van der Waals surface area contributed by atoms with Gasteiger partial charge in [-0.15, -0.1) is 0 Å². The first-order valence-corrected chi connectivity index (χ1v) is 7.67. The Morgan fingerprint density at radius 2 is 2.00 bits per heavy atom. The molecule has 0 atom stereocenters. The number of thioether (sulfide) groups is 1. The lowest BCUT2D eigenvalue weighted by atomic mass is 10.1. The van der Waals surface area contributed by atoms with Crippen molar-refractivity contribution in [2.75, 3.05) is 11.6 Å². The second kappa shape index (κ2) is 6.22. The van der Waals surface area contributed by atoms with E-state index in [0.717, 1.165) is 11.3 Å². The van der Waals surface area contributed by atoms with Gasteiger partial charge in [0.1, 0.15) is 0 Å². The molecule has 5 nitrogen and oxygen atoms in total. The van der Waals surface area contributed by atoms with E-state index < -0.39 is 0 Å². The molecule has 0 aliphatic rings. The molecule has 2 rings (SSSR count). The molecule has 0 unspecified atom stereocenters. The molecular weight excluding hydrogens is 284 g/mol. The number of nitrogen functional groups attached to an aromatic ring is 1. The number of carbonyl (C=O) groups excluding carboxylic acids is 1. The van der Waals surface area contributed by atoms with E-state index in [1.54, 1.807) is 6.20 Å². The van der Waals surface area contributed by atoms with Gasteiger partial charge in [-0.25, -0.2) is 9.66 Å². The van der Waals surface area contributed by atoms with E-state index in [0.29, 0.717) is 10.9 Å². The van der Waals surface area contributed by atoms with Gasteiger partial charge in [0.2, 0.25) is 5.91 Å². The van der Waals surface area contributed by atoms with Crippen molar-refractivity contribution in [2.45, 2.75) is 31.5 Å². The number of rotatable bonds is 4. The summed E-state index contributed by atoms with van der Waals surface area (Å²) in [5.41, 5.74) is 1.57. The Hall–Kier alpha value is -1.95. The Morgan fingerprint density at radius 3 is 2.62 bits per heavy atom. The highest BCUT2D eigenvalue weighted by atomic mass is 32.2. The fourth-order valence-electron chi connectivity index (χ4n) is 1.82. The van der Waals surface area contributed by atoms with Crippen LogP contribution in [0.4, 0.5) is 0 Å². The first-order valence-electron chi connectivity index (χ1n) is 6.69. The van der Waals surface area contributed by atoms with Gasteiger partial charge in [-0.1, -0.05) is 42.1 Å². The number of imidazole rings is 1. The summed E-state index contributed by atoms with van der Waals surface area (Å²) in [4.78, 5) is 16.3. The number of benzene rings is 1. The van der Waals surface area contributed by atoms with E-state index in [1.165, 1.54) is 16.4 Å². The predicted octanol–water partition coefficient (Wildman–Crippen LogP) is 2.27. The van der Waals surface area contributed by atoms with Crippen molar-refractivity contribution in [3.63, 3.8) is 0 Å². The summed E-state index contributed by atoms with van der Waals surface area (Å²) in [6.07, 6.45) is 1.76. The summed E-state index contributed by atoms with van der Waals surface area (Å²) >= 11 is 1.33. The SMILES string of the molecule is CC(C)(C)NC(=O)CSc1nc(-c2ccccc2)cn1N. The first-order chi connectivity index (χ1) is 9.85. The fourth-order valence-corrected chi connectivity index (χ4v) is 2.51. The zero-order valence-electron chi connectivity index (χ0n) is 12.5. The van der Waals surface area contributed by atoms with Gasteiger partial charge in [0.25, 0.3) is 0 Å². The minimum absolute atomic E-state index is 0.0308. The van der Waals surface area contributed by atoms with Crippen LogP contribution in [0.5, 0.6) is 0 Å². The van der Waals surface area contributed by atoms with Gasteiger partial charge in [-0.3, -0.25) is 4.79 Å². The quantitative estimate of drug-likeness (QED) is 0.671. The zero-order chi connectivity index (χ0) is 15.5. The second-order valence-electron chi connectivity index (χ2n) is 5.77. The summed E-state index contributed by atoms with van der Waals surface area (Å²) in [6.45, 7) is 5.85. The van der Waals surface area contributed by atoms with Gasteiger partial charge in [-0.2, -0.15) is 0 Å². The Labute approximate surface area is 128 Å². The zero-order valence-corrected chi connectivity index (χ0v) is 13.3. The van der Waals surface area contributed by atoms with Crippen molar-refractivity contribution in [3.8, 4) is 11.3 Å². The number of aromatic nitrogens is 2. The number of hydrogen-bond acceptors (Lipinski definition) is 4. The van der Waals surface area contributed by atoms with Gasteiger partial charge in [0.15, 0.2) is 5.16 Å². The molecule has 0 saturated carbocycles. The van der Waals surface area contributed by atoms with Crippen molar-refractivity contribution in [2.24, 2.45) is 0 Å². The van der Waals surface area contributed by atoms with Crippen molar-refractivity contribution >= 4 is 17.7 Å². The van der Waals surface area contributed by atoms with E-state index in [9.17, 15) is 4.79 Å². The lowest BCUT2D eigenvalue weighted by Gasteiger charge is -2.20. The normalized spacial score (nSPS) is 11.4. The largest absolute Gasteiger partial charge is 0.351 e. The fraction of sp³-hybridized carbons (Fsp3) is 0.333. The number of hydrogen-bond donors (Lipinski definition) is 2. The van der Waals surface area contributed by atoms with Gasteiger partial charge < -0.3 is 11.2 Å². The van der Waals surface area contributed by atoms with Gasteiger partial charge in [0.05, 0.1) is 17.6 Å². The van der Waals surface area contributed by atoms with Crippen LogP contribution in [0, 0.1) is 0 Å². The van der Waals surface area contributed by atoms with Gasteiger partial charge in [-0.05, 0) is 20.8 Å². The standard InChI is InChI=1S/C15H20N4OS/c1-15(2,3)18-13(20)10-21-14-17-12(9-19(14)16)11-7-5-4-6-8-11/h4-9H,10,16H2,1-3H3,(H,18,20). The van der Waals surface area contributed by atoms with Crippen LogP contribution in [0.2, 0.25) is 0 Å². The molecule has 0 fully saturated rings. The molecule has 0 aliphatic carbocycles. The third-order valence-corrected chi connectivity index (χ3v) is 3.58. The van der Waals surface area contributed by atoms with E-state index in [-0.39, 0.29) is 11.4 Å². The van der Waals surface area contributed by atoms with E-state index >= 15 is 0 Å². The maximum absolute atomic E-state index is 11.8. The number of carbonyl (C=O) groups is 1. The van der Waals surface area contributed by atoms with Crippen LogP contribution in [0.15, 0.2) is 41.7 Å². The lowest BCUT2D eigenvalue weighted by Crippen LogP contribution is -2.41. The van der Waals surface area contributed by atoms with Crippen LogP contribution in [0.3, 0.4) is 0 Å². The summed E-state index contributed by atoms with van der Waals surface area (Å²) in [5.74, 6) is 6.15. The monoisotopic (exact) mass is 304 g/mol. The summed E-state index contributed by atoms with van der Waals surface area (Å²) in [5, 5.41) is 3.53. The Balaban J connectivity index is 2.02. The average molecular weight is 304 g/mol. The minimum Gasteiger partial charge on any atom is -0.351 e. The molecule has 0 saturated heterocycles. The summed E-state index contributed by atoms with van der Waals surface area (Å²) in [7, 11) is 0. The molecule has 0 aliphatic heterocycles. The summed E-state index contributed by atoms with van der Waals surface area (Å²) < 4.78 is 1.46. The third kappa shape index (κ3) is 4.53. The molecule has 1 heterocycles. The number of amides is 1. The highest BCUT2D eigenvalue weighted by molar-refractivity contribution is 7.99. The van der Waals surface area contributed by atoms with Gasteiger partial charge >= 0.3 is 0 Å². The molecule has 3 N–H and O–H groups in total.